The molecule has 2 heterocycles. The Bertz CT molecular complexity index is 613. The molecule has 0 unspecified atom stereocenters. The number of likely N-dealkylation sites (N-methyl/N-ethyl adjacent to an activating group) is 1. The van der Waals surface area contributed by atoms with Gasteiger partial charge in [0.15, 0.2) is 0 Å². The Morgan fingerprint density at radius 2 is 2.32 bits per heavy atom. The molecular weight excluding hydrogens is 305 g/mol. The Hall–Kier alpha value is -1.59. The second kappa shape index (κ2) is 6.26. The molecule has 2 amide bonds. The summed E-state index contributed by atoms with van der Waals surface area (Å²) < 4.78 is 13.9. The second-order valence-corrected chi connectivity index (χ2v) is 6.21. The van der Waals surface area contributed by atoms with Crippen LogP contribution in [0.5, 0.6) is 0 Å². The smallest absolute Gasteiger partial charge is 0.320 e. The third-order valence-electron chi connectivity index (χ3n) is 4.35. The van der Waals surface area contributed by atoms with E-state index < -0.39 is 0 Å². The molecule has 1 saturated heterocycles. The SMILES string of the molecule is CN(C(=O)N1CC=C(c2cc(Cl)ccc2F)C1)[C@@H]1CCNC1. The van der Waals surface area contributed by atoms with Gasteiger partial charge in [-0.2, -0.15) is 0 Å². The molecule has 0 spiro atoms. The van der Waals surface area contributed by atoms with Crippen molar-refractivity contribution in [2.75, 3.05) is 33.2 Å². The van der Waals surface area contributed by atoms with Crippen LogP contribution in [0.4, 0.5) is 9.18 Å². The largest absolute Gasteiger partial charge is 0.323 e. The maximum atomic E-state index is 13.9. The lowest BCUT2D eigenvalue weighted by Crippen LogP contribution is -2.46. The third kappa shape index (κ3) is 2.96. The van der Waals surface area contributed by atoms with E-state index in [0.29, 0.717) is 23.7 Å². The van der Waals surface area contributed by atoms with E-state index in [1.54, 1.807) is 15.9 Å². The molecule has 0 saturated carbocycles. The Balaban J connectivity index is 1.68. The van der Waals surface area contributed by atoms with Gasteiger partial charge in [-0.05, 0) is 36.7 Å². The van der Waals surface area contributed by atoms with E-state index in [2.05, 4.69) is 5.32 Å². The normalized spacial score (nSPS) is 21.1. The molecule has 22 heavy (non-hydrogen) atoms. The zero-order chi connectivity index (χ0) is 15.7. The number of urea groups is 1. The molecule has 0 radical (unpaired) electrons. The summed E-state index contributed by atoms with van der Waals surface area (Å²) in [6.07, 6.45) is 2.87. The van der Waals surface area contributed by atoms with E-state index in [-0.39, 0.29) is 17.9 Å². The van der Waals surface area contributed by atoms with Crippen LogP contribution < -0.4 is 5.32 Å². The predicted octanol–water partition coefficient (Wildman–Crippen LogP) is 2.59. The van der Waals surface area contributed by atoms with Gasteiger partial charge in [0.2, 0.25) is 0 Å². The van der Waals surface area contributed by atoms with E-state index in [4.69, 9.17) is 11.6 Å². The topological polar surface area (TPSA) is 35.6 Å². The number of amides is 2. The number of carbonyl (C=O) groups excluding carboxylic acids is 1. The molecule has 6 heteroatoms. The van der Waals surface area contributed by atoms with Crippen LogP contribution in [0, 0.1) is 5.82 Å². The first kappa shape index (κ1) is 15.3. The maximum Gasteiger partial charge on any atom is 0.320 e. The number of benzene rings is 1. The quantitative estimate of drug-likeness (QED) is 0.908. The zero-order valence-electron chi connectivity index (χ0n) is 12.5. The van der Waals surface area contributed by atoms with E-state index in [0.717, 1.165) is 25.1 Å². The summed E-state index contributed by atoms with van der Waals surface area (Å²) in [5.74, 6) is -0.307. The van der Waals surface area contributed by atoms with Crippen molar-refractivity contribution < 1.29 is 9.18 Å². The summed E-state index contributed by atoms with van der Waals surface area (Å²) in [4.78, 5) is 16.0. The van der Waals surface area contributed by atoms with Crippen LogP contribution in [0.15, 0.2) is 24.3 Å². The fourth-order valence-electron chi connectivity index (χ4n) is 2.99. The standard InChI is InChI=1S/C16H19ClFN3O/c1-20(13-4-6-19-9-13)16(22)21-7-5-11(10-21)14-8-12(17)2-3-15(14)18/h2-3,5,8,13,19H,4,6-7,9-10H2,1H3/t13-/m1/s1. The highest BCUT2D eigenvalue weighted by atomic mass is 35.5. The fraction of sp³-hybridized carbons (Fsp3) is 0.438. The van der Waals surface area contributed by atoms with Crippen LogP contribution in [-0.4, -0.2) is 55.1 Å². The molecule has 1 aromatic rings. The van der Waals surface area contributed by atoms with Crippen LogP contribution in [-0.2, 0) is 0 Å². The molecule has 0 aromatic heterocycles. The van der Waals surface area contributed by atoms with Crippen LogP contribution in [0.3, 0.4) is 0 Å². The number of nitrogens with zero attached hydrogens (tertiary/aromatic N) is 2. The van der Waals surface area contributed by atoms with E-state index >= 15 is 0 Å². The van der Waals surface area contributed by atoms with Gasteiger partial charge in [-0.25, -0.2) is 9.18 Å². The monoisotopic (exact) mass is 323 g/mol. The Morgan fingerprint density at radius 1 is 1.50 bits per heavy atom. The lowest BCUT2D eigenvalue weighted by Gasteiger charge is -2.29. The summed E-state index contributed by atoms with van der Waals surface area (Å²) in [6, 6.07) is 4.72. The highest BCUT2D eigenvalue weighted by Gasteiger charge is 2.29. The number of hydrogen-bond donors (Lipinski definition) is 1. The van der Waals surface area contributed by atoms with Crippen molar-refractivity contribution in [3.8, 4) is 0 Å². The average molecular weight is 324 g/mol. The molecule has 2 aliphatic rings. The van der Waals surface area contributed by atoms with Gasteiger partial charge in [-0.15, -0.1) is 0 Å². The van der Waals surface area contributed by atoms with Gasteiger partial charge in [0.25, 0.3) is 0 Å². The first-order chi connectivity index (χ1) is 10.6. The zero-order valence-corrected chi connectivity index (χ0v) is 13.2. The Morgan fingerprint density at radius 3 is 3.05 bits per heavy atom. The highest BCUT2D eigenvalue weighted by molar-refractivity contribution is 6.30. The van der Waals surface area contributed by atoms with Crippen molar-refractivity contribution in [3.05, 3.63) is 40.7 Å². The van der Waals surface area contributed by atoms with Gasteiger partial charge in [-0.1, -0.05) is 17.7 Å². The summed E-state index contributed by atoms with van der Waals surface area (Å²) >= 11 is 5.94. The molecule has 1 aromatic carbocycles. The van der Waals surface area contributed by atoms with Crippen molar-refractivity contribution in [3.63, 3.8) is 0 Å². The summed E-state index contributed by atoms with van der Waals surface area (Å²) in [7, 11) is 1.83. The third-order valence-corrected chi connectivity index (χ3v) is 4.58. The van der Waals surface area contributed by atoms with Gasteiger partial charge in [0.1, 0.15) is 5.82 Å². The lowest BCUT2D eigenvalue weighted by atomic mass is 10.1. The van der Waals surface area contributed by atoms with Crippen LogP contribution in [0.25, 0.3) is 5.57 Å². The molecule has 3 rings (SSSR count). The number of halogens is 2. The van der Waals surface area contributed by atoms with Crippen molar-refractivity contribution in [1.29, 1.82) is 0 Å². The highest BCUT2D eigenvalue weighted by Crippen LogP contribution is 2.27. The lowest BCUT2D eigenvalue weighted by molar-refractivity contribution is 0.161. The minimum atomic E-state index is -0.307. The van der Waals surface area contributed by atoms with Gasteiger partial charge in [0.05, 0.1) is 0 Å². The fourth-order valence-corrected chi connectivity index (χ4v) is 3.16. The summed E-state index contributed by atoms with van der Waals surface area (Å²) in [5, 5.41) is 3.75. The number of rotatable bonds is 2. The second-order valence-electron chi connectivity index (χ2n) is 5.77. The van der Waals surface area contributed by atoms with Crippen molar-refractivity contribution in [2.45, 2.75) is 12.5 Å². The molecule has 1 N–H and O–H groups in total. The Kier molecular flexibility index (Phi) is 4.36. The van der Waals surface area contributed by atoms with Gasteiger partial charge >= 0.3 is 6.03 Å². The molecule has 1 fully saturated rings. The maximum absolute atomic E-state index is 13.9. The van der Waals surface area contributed by atoms with E-state index in [9.17, 15) is 9.18 Å². The van der Waals surface area contributed by atoms with E-state index in [1.165, 1.54) is 12.1 Å². The molecule has 4 nitrogen and oxygen atoms in total. The van der Waals surface area contributed by atoms with Crippen LogP contribution >= 0.6 is 11.6 Å². The van der Waals surface area contributed by atoms with Crippen LogP contribution in [0.1, 0.15) is 12.0 Å². The first-order valence-corrected chi connectivity index (χ1v) is 7.81. The van der Waals surface area contributed by atoms with E-state index in [1.807, 2.05) is 13.1 Å². The van der Waals surface area contributed by atoms with Crippen molar-refractivity contribution in [1.82, 2.24) is 15.1 Å². The van der Waals surface area contributed by atoms with Crippen molar-refractivity contribution in [2.24, 2.45) is 0 Å². The van der Waals surface area contributed by atoms with Gasteiger partial charge in [0, 0.05) is 43.3 Å². The molecule has 0 bridgehead atoms. The average Bonchev–Trinajstić information content (AvgIpc) is 3.19. The van der Waals surface area contributed by atoms with Crippen molar-refractivity contribution >= 4 is 23.2 Å². The summed E-state index contributed by atoms with van der Waals surface area (Å²) in [5.41, 5.74) is 1.29. The first-order valence-electron chi connectivity index (χ1n) is 7.43. The Labute approximate surface area is 134 Å². The van der Waals surface area contributed by atoms with Gasteiger partial charge < -0.3 is 15.1 Å². The number of carbonyl (C=O) groups is 1. The molecule has 0 aliphatic carbocycles. The number of nitrogens with one attached hydrogen (secondary N) is 1. The minimum Gasteiger partial charge on any atom is -0.323 e. The molecule has 1 atom stereocenters. The van der Waals surface area contributed by atoms with Gasteiger partial charge in [-0.3, -0.25) is 0 Å². The minimum absolute atomic E-state index is 0.0117. The molecule has 118 valence electrons. The molecule has 2 aliphatic heterocycles. The van der Waals surface area contributed by atoms with Crippen LogP contribution in [0.2, 0.25) is 5.02 Å². The summed E-state index contributed by atoms with van der Waals surface area (Å²) in [6.45, 7) is 2.70. The number of hydrogen-bond acceptors (Lipinski definition) is 2. The molecular formula is C16H19ClFN3O. The predicted molar refractivity (Wildman–Crippen MR) is 85.4 cm³/mol.